The highest BCUT2D eigenvalue weighted by atomic mass is 16.5. The van der Waals surface area contributed by atoms with Crippen molar-refractivity contribution < 1.29 is 14.6 Å². The first-order chi connectivity index (χ1) is 16.3. The van der Waals surface area contributed by atoms with E-state index in [9.17, 15) is 9.90 Å². The zero-order valence-corrected chi connectivity index (χ0v) is 20.5. The van der Waals surface area contributed by atoms with E-state index in [-0.39, 0.29) is 24.5 Å². The molecule has 1 aliphatic heterocycles. The van der Waals surface area contributed by atoms with Crippen molar-refractivity contribution in [1.29, 1.82) is 0 Å². The summed E-state index contributed by atoms with van der Waals surface area (Å²) in [5.41, 5.74) is 2.53. The first-order valence-electron chi connectivity index (χ1n) is 11.8. The van der Waals surface area contributed by atoms with Crippen molar-refractivity contribution in [1.82, 2.24) is 9.88 Å². The Labute approximate surface area is 203 Å². The van der Waals surface area contributed by atoms with Crippen LogP contribution in [0.15, 0.2) is 42.6 Å². The summed E-state index contributed by atoms with van der Waals surface area (Å²) in [4.78, 5) is 21.7. The molecule has 2 N–H and O–H groups in total. The van der Waals surface area contributed by atoms with Crippen molar-refractivity contribution in [3.05, 3.63) is 53.7 Å². The smallest absolute Gasteiger partial charge is 0.255 e. The molecule has 7 heteroatoms. The normalized spacial score (nSPS) is 15.9. The predicted octanol–water partition coefficient (Wildman–Crippen LogP) is 3.15. The van der Waals surface area contributed by atoms with Gasteiger partial charge in [-0.1, -0.05) is 38.8 Å². The number of nitrogens with zero attached hydrogens (tertiary/aromatic N) is 3. The van der Waals surface area contributed by atoms with Gasteiger partial charge in [-0.15, -0.1) is 6.42 Å². The van der Waals surface area contributed by atoms with E-state index in [1.807, 2.05) is 36.4 Å². The number of aliphatic hydroxyl groups is 1. The van der Waals surface area contributed by atoms with E-state index in [1.54, 1.807) is 6.20 Å². The Morgan fingerprint density at radius 3 is 2.59 bits per heavy atom. The van der Waals surface area contributed by atoms with Crippen LogP contribution in [0.2, 0.25) is 0 Å². The summed E-state index contributed by atoms with van der Waals surface area (Å²) in [6, 6.07) is 11.6. The highest BCUT2D eigenvalue weighted by Gasteiger charge is 2.19. The first kappa shape index (κ1) is 25.7. The Balaban J connectivity index is 1.51. The number of benzene rings is 1. The Kier molecular flexibility index (Phi) is 9.05. The zero-order valence-electron chi connectivity index (χ0n) is 20.5. The van der Waals surface area contributed by atoms with Gasteiger partial charge in [0.2, 0.25) is 0 Å². The van der Waals surface area contributed by atoms with Gasteiger partial charge < -0.3 is 20.1 Å². The fourth-order valence-corrected chi connectivity index (χ4v) is 3.96. The van der Waals surface area contributed by atoms with E-state index in [0.29, 0.717) is 17.8 Å². The number of carbonyl (C=O) groups is 1. The average Bonchev–Trinajstić information content (AvgIpc) is 3.05. The molecule has 1 aliphatic rings. The number of anilines is 2. The molecule has 34 heavy (non-hydrogen) atoms. The molecule has 0 aliphatic carbocycles. The summed E-state index contributed by atoms with van der Waals surface area (Å²) in [6.07, 6.45) is 7.29. The number of ether oxygens (including phenoxy) is 1. The first-order valence-corrected chi connectivity index (χ1v) is 11.8. The monoisotopic (exact) mass is 464 g/mol. The number of hydrogen-bond donors (Lipinski definition) is 2. The number of β-amino-alcohol motifs (C(OH)–C–C–N with tert-alkyl or cyclic N) is 1. The summed E-state index contributed by atoms with van der Waals surface area (Å²) < 4.78 is 5.23. The molecule has 0 radical (unpaired) electrons. The van der Waals surface area contributed by atoms with Crippen LogP contribution in [0.4, 0.5) is 11.5 Å². The van der Waals surface area contributed by atoms with Gasteiger partial charge in [0.1, 0.15) is 12.4 Å². The minimum absolute atomic E-state index is 0.0511. The third-order valence-corrected chi connectivity index (χ3v) is 5.90. The van der Waals surface area contributed by atoms with E-state index in [4.69, 9.17) is 11.2 Å². The predicted molar refractivity (Wildman–Crippen MR) is 136 cm³/mol. The SMILES string of the molecule is C#CCOCC(O)CN1CCCN(c2ccc(NC(=O)c3ccc(C(C)(C)C)cc3)cn2)CC1. The number of pyridine rings is 1. The second kappa shape index (κ2) is 12.0. The highest BCUT2D eigenvalue weighted by molar-refractivity contribution is 6.04. The Morgan fingerprint density at radius 1 is 1.18 bits per heavy atom. The molecule has 1 aromatic carbocycles. The molecule has 1 amide bonds. The van der Waals surface area contributed by atoms with Crippen molar-refractivity contribution in [2.75, 3.05) is 56.2 Å². The number of aliphatic hydroxyl groups excluding tert-OH is 1. The second-order valence-electron chi connectivity index (χ2n) is 9.70. The fourth-order valence-electron chi connectivity index (χ4n) is 3.96. The maximum Gasteiger partial charge on any atom is 0.255 e. The Morgan fingerprint density at radius 2 is 1.94 bits per heavy atom. The third-order valence-electron chi connectivity index (χ3n) is 5.90. The van der Waals surface area contributed by atoms with E-state index in [0.717, 1.165) is 38.4 Å². The lowest BCUT2D eigenvalue weighted by Gasteiger charge is -2.24. The minimum Gasteiger partial charge on any atom is -0.389 e. The molecule has 0 saturated carbocycles. The molecule has 7 nitrogen and oxygen atoms in total. The molecule has 1 atom stereocenters. The van der Waals surface area contributed by atoms with Gasteiger partial charge >= 0.3 is 0 Å². The van der Waals surface area contributed by atoms with Gasteiger partial charge in [-0.3, -0.25) is 9.69 Å². The molecule has 2 aromatic rings. The largest absolute Gasteiger partial charge is 0.389 e. The fraction of sp³-hybridized carbons (Fsp3) is 0.481. The zero-order chi connectivity index (χ0) is 24.6. The lowest BCUT2D eigenvalue weighted by atomic mass is 9.87. The number of nitrogens with one attached hydrogen (secondary N) is 1. The summed E-state index contributed by atoms with van der Waals surface area (Å²) >= 11 is 0. The maximum absolute atomic E-state index is 12.6. The lowest BCUT2D eigenvalue weighted by molar-refractivity contribution is 0.0291. The van der Waals surface area contributed by atoms with Crippen LogP contribution in [-0.2, 0) is 10.2 Å². The van der Waals surface area contributed by atoms with Crippen LogP contribution >= 0.6 is 0 Å². The molecule has 182 valence electrons. The van der Waals surface area contributed by atoms with Crippen molar-refractivity contribution in [3.8, 4) is 12.3 Å². The van der Waals surface area contributed by atoms with Gasteiger partial charge in [0, 0.05) is 31.7 Å². The molecule has 1 saturated heterocycles. The summed E-state index contributed by atoms with van der Waals surface area (Å²) in [5.74, 6) is 3.14. The van der Waals surface area contributed by atoms with Crippen molar-refractivity contribution in [2.24, 2.45) is 0 Å². The van der Waals surface area contributed by atoms with Crippen molar-refractivity contribution in [3.63, 3.8) is 0 Å². The molecule has 1 fully saturated rings. The summed E-state index contributed by atoms with van der Waals surface area (Å²) in [5, 5.41) is 13.1. The van der Waals surface area contributed by atoms with Crippen molar-refractivity contribution >= 4 is 17.4 Å². The molecular formula is C27H36N4O3. The second-order valence-corrected chi connectivity index (χ2v) is 9.70. The maximum atomic E-state index is 12.6. The number of rotatable bonds is 8. The summed E-state index contributed by atoms with van der Waals surface area (Å²) in [7, 11) is 0. The van der Waals surface area contributed by atoms with Gasteiger partial charge in [-0.25, -0.2) is 4.98 Å². The number of hydrogen-bond acceptors (Lipinski definition) is 6. The molecular weight excluding hydrogens is 428 g/mol. The van der Waals surface area contributed by atoms with Crippen LogP contribution in [0.1, 0.15) is 43.1 Å². The molecule has 2 heterocycles. The molecule has 0 spiro atoms. The van der Waals surface area contributed by atoms with Gasteiger partial charge in [0.25, 0.3) is 5.91 Å². The van der Waals surface area contributed by atoms with E-state index < -0.39 is 6.10 Å². The molecule has 0 bridgehead atoms. The van der Waals surface area contributed by atoms with Gasteiger partial charge in [0.15, 0.2) is 0 Å². The van der Waals surface area contributed by atoms with Crippen molar-refractivity contribution in [2.45, 2.75) is 38.7 Å². The van der Waals surface area contributed by atoms with Crippen LogP contribution in [0.25, 0.3) is 0 Å². The average molecular weight is 465 g/mol. The van der Waals surface area contributed by atoms with E-state index in [2.05, 4.69) is 46.8 Å². The standard InChI is InChI=1S/C27H36N4O3/c1-5-17-34-20-24(32)19-30-13-6-14-31(16-15-30)25-12-11-23(18-28-25)29-26(33)21-7-9-22(10-8-21)27(2,3)4/h1,7-12,18,24,32H,6,13-17,19-20H2,2-4H3,(H,29,33). The molecule has 3 rings (SSSR count). The van der Waals surface area contributed by atoms with Crippen LogP contribution in [0.3, 0.4) is 0 Å². The number of terminal acetylenes is 1. The quantitative estimate of drug-likeness (QED) is 0.462. The van der Waals surface area contributed by atoms with Gasteiger partial charge in [-0.2, -0.15) is 0 Å². The number of carbonyl (C=O) groups excluding carboxylic acids is 1. The van der Waals surface area contributed by atoms with E-state index in [1.165, 1.54) is 5.56 Å². The van der Waals surface area contributed by atoms with Crippen LogP contribution in [0.5, 0.6) is 0 Å². The van der Waals surface area contributed by atoms with Gasteiger partial charge in [-0.05, 0) is 48.2 Å². The number of aromatic nitrogens is 1. The number of amides is 1. The molecule has 1 unspecified atom stereocenters. The highest BCUT2D eigenvalue weighted by Crippen LogP contribution is 2.23. The third kappa shape index (κ3) is 7.56. The topological polar surface area (TPSA) is 77.9 Å². The van der Waals surface area contributed by atoms with E-state index >= 15 is 0 Å². The minimum atomic E-state index is -0.550. The Hall–Kier alpha value is -2.92. The van der Waals surface area contributed by atoms with Crippen LogP contribution in [0, 0.1) is 12.3 Å². The van der Waals surface area contributed by atoms with Crippen LogP contribution in [-0.4, -0.2) is 72.9 Å². The summed E-state index contributed by atoms with van der Waals surface area (Å²) in [6.45, 7) is 10.9. The molecule has 1 aromatic heterocycles. The van der Waals surface area contributed by atoms with Gasteiger partial charge in [0.05, 0.1) is 24.6 Å². The lowest BCUT2D eigenvalue weighted by Crippen LogP contribution is -2.37. The van der Waals surface area contributed by atoms with Crippen LogP contribution < -0.4 is 10.2 Å². The Bertz CT molecular complexity index is 961.